The maximum absolute atomic E-state index is 12.0. The fraction of sp³-hybridized carbons (Fsp3) is 0.467. The minimum absolute atomic E-state index is 0.187. The van der Waals surface area contributed by atoms with Crippen LogP contribution in [-0.2, 0) is 16.0 Å². The number of imidazole rings is 1. The van der Waals surface area contributed by atoms with Gasteiger partial charge in [-0.25, -0.2) is 9.78 Å². The second-order valence-corrected chi connectivity index (χ2v) is 7.44. The molecule has 1 saturated heterocycles. The van der Waals surface area contributed by atoms with Gasteiger partial charge in [0.1, 0.15) is 24.1 Å². The van der Waals surface area contributed by atoms with Gasteiger partial charge in [-0.2, -0.15) is 0 Å². The first-order chi connectivity index (χ1) is 12.9. The molecular formula is C15H19N5O6S. The molecule has 11 nitrogen and oxygen atoms in total. The van der Waals surface area contributed by atoms with Crippen molar-refractivity contribution in [1.29, 1.82) is 0 Å². The number of ether oxygens (including phenoxy) is 1. The van der Waals surface area contributed by atoms with Crippen molar-refractivity contribution in [2.45, 2.75) is 35.3 Å². The number of hydrogen-bond acceptors (Lipinski definition) is 9. The molecule has 146 valence electrons. The molecule has 12 heteroatoms. The molecule has 0 spiro atoms. The number of aromatic amines is 2. The smallest absolute Gasteiger partial charge is 0.329 e. The summed E-state index contributed by atoms with van der Waals surface area (Å²) in [6.45, 7) is -0.187. The van der Waals surface area contributed by atoms with Crippen molar-refractivity contribution in [3.63, 3.8) is 0 Å². The number of nitrogens with two attached hydrogens (primary N) is 1. The largest absolute Gasteiger partial charge is 0.463 e. The summed E-state index contributed by atoms with van der Waals surface area (Å²) in [4.78, 5) is 43.8. The topological polar surface area (TPSA) is 176 Å². The van der Waals surface area contributed by atoms with Crippen molar-refractivity contribution in [2.75, 3.05) is 6.61 Å². The first kappa shape index (κ1) is 19.4. The molecule has 2 unspecified atom stereocenters. The van der Waals surface area contributed by atoms with E-state index in [0.29, 0.717) is 5.69 Å². The molecule has 0 aliphatic carbocycles. The zero-order valence-electron chi connectivity index (χ0n) is 14.0. The molecule has 3 rings (SSSR count). The summed E-state index contributed by atoms with van der Waals surface area (Å²) < 4.78 is 6.27. The fourth-order valence-corrected chi connectivity index (χ4v) is 4.16. The van der Waals surface area contributed by atoms with Crippen molar-refractivity contribution in [3.05, 3.63) is 51.3 Å². The van der Waals surface area contributed by atoms with Gasteiger partial charge in [0, 0.05) is 30.6 Å². The summed E-state index contributed by atoms with van der Waals surface area (Å²) in [6, 6.07) is 0.236. The number of aliphatic hydroxyl groups excluding tert-OH is 2. The highest BCUT2D eigenvalue weighted by atomic mass is 32.2. The quantitative estimate of drug-likeness (QED) is 0.336. The number of thioether (sulfide) groups is 1. The number of aliphatic hydroxyl groups is 2. The predicted molar refractivity (Wildman–Crippen MR) is 95.0 cm³/mol. The first-order valence-electron chi connectivity index (χ1n) is 8.09. The first-order valence-corrected chi connectivity index (χ1v) is 9.03. The molecule has 1 aliphatic rings. The van der Waals surface area contributed by atoms with Gasteiger partial charge in [-0.1, -0.05) is 0 Å². The van der Waals surface area contributed by atoms with Crippen molar-refractivity contribution in [2.24, 2.45) is 5.73 Å². The lowest BCUT2D eigenvalue weighted by molar-refractivity contribution is -0.145. The van der Waals surface area contributed by atoms with E-state index in [0.717, 1.165) is 22.4 Å². The van der Waals surface area contributed by atoms with Crippen molar-refractivity contribution < 1.29 is 19.7 Å². The van der Waals surface area contributed by atoms with E-state index in [4.69, 9.17) is 10.5 Å². The molecule has 0 bridgehead atoms. The molecule has 0 aromatic carbocycles. The van der Waals surface area contributed by atoms with E-state index in [-0.39, 0.29) is 13.0 Å². The standard InChI is InChI=1S/C15H19N5O6S/c16-8(3-7-4-17-6-18-7)14(24)26-5-9-11(22)12(23)13(27-9)20-2-1-10(21)19-15(20)25/h1-2,4,6,8-9,11-13,22-23H,3,5,16H2,(H,17,18)(H,19,21,25)/t8-,9+,11?,12?,13+/m0/s1. The average molecular weight is 397 g/mol. The highest BCUT2D eigenvalue weighted by molar-refractivity contribution is 8.00. The van der Waals surface area contributed by atoms with Gasteiger partial charge in [0.25, 0.3) is 5.56 Å². The van der Waals surface area contributed by atoms with E-state index < -0.39 is 46.1 Å². The Bertz CT molecular complexity index is 897. The van der Waals surface area contributed by atoms with Gasteiger partial charge >= 0.3 is 11.7 Å². The van der Waals surface area contributed by atoms with Crippen LogP contribution in [0, 0.1) is 0 Å². The third-order valence-electron chi connectivity index (χ3n) is 4.15. The molecule has 6 N–H and O–H groups in total. The Hall–Kier alpha value is -2.41. The van der Waals surface area contributed by atoms with Gasteiger partial charge in [-0.15, -0.1) is 11.8 Å². The minimum atomic E-state index is -1.28. The number of nitrogens with zero attached hydrogens (tertiary/aromatic N) is 2. The van der Waals surface area contributed by atoms with Gasteiger partial charge in [0.2, 0.25) is 0 Å². The number of carbonyl (C=O) groups is 1. The van der Waals surface area contributed by atoms with Crippen molar-refractivity contribution in [1.82, 2.24) is 19.5 Å². The number of H-pyrrole nitrogens is 2. The van der Waals surface area contributed by atoms with Crippen LogP contribution in [0.25, 0.3) is 0 Å². The predicted octanol–water partition coefficient (Wildman–Crippen LogP) is -2.29. The van der Waals surface area contributed by atoms with E-state index in [1.807, 2.05) is 0 Å². The third-order valence-corrected chi connectivity index (χ3v) is 5.70. The molecular weight excluding hydrogens is 378 g/mol. The molecule has 0 saturated carbocycles. The Morgan fingerprint density at radius 2 is 2.19 bits per heavy atom. The van der Waals surface area contributed by atoms with Crippen LogP contribution in [0.2, 0.25) is 0 Å². The lowest BCUT2D eigenvalue weighted by Gasteiger charge is -2.17. The lowest BCUT2D eigenvalue weighted by atomic mass is 10.1. The van der Waals surface area contributed by atoms with Gasteiger partial charge in [-0.05, 0) is 0 Å². The second-order valence-electron chi connectivity index (χ2n) is 6.08. The van der Waals surface area contributed by atoms with Crippen LogP contribution in [0.1, 0.15) is 11.1 Å². The molecule has 0 amide bonds. The summed E-state index contributed by atoms with van der Waals surface area (Å²) in [6.07, 6.45) is 1.98. The number of aromatic nitrogens is 4. The number of carbonyl (C=O) groups excluding carboxylic acids is 1. The van der Waals surface area contributed by atoms with Gasteiger partial charge in [0.15, 0.2) is 0 Å². The zero-order chi connectivity index (χ0) is 19.6. The summed E-state index contributed by atoms with van der Waals surface area (Å²) in [5.41, 5.74) is 5.20. The van der Waals surface area contributed by atoms with Crippen LogP contribution in [0.5, 0.6) is 0 Å². The highest BCUT2D eigenvalue weighted by Gasteiger charge is 2.44. The summed E-state index contributed by atoms with van der Waals surface area (Å²) in [5.74, 6) is -0.656. The number of esters is 1. The van der Waals surface area contributed by atoms with E-state index in [9.17, 15) is 24.6 Å². The molecule has 27 heavy (non-hydrogen) atoms. The van der Waals surface area contributed by atoms with Crippen LogP contribution < -0.4 is 17.0 Å². The lowest BCUT2D eigenvalue weighted by Crippen LogP contribution is -2.39. The van der Waals surface area contributed by atoms with Crippen molar-refractivity contribution >= 4 is 17.7 Å². The number of nitrogens with one attached hydrogen (secondary N) is 2. The number of rotatable bonds is 6. The van der Waals surface area contributed by atoms with Crippen LogP contribution in [-0.4, -0.2) is 65.8 Å². The second kappa shape index (κ2) is 8.08. The SMILES string of the molecule is N[C@@H](Cc1cnc[nH]1)C(=O)OC[C@H]1S[C@@H](n2ccc(=O)[nH]c2=O)C(O)C1O. The Balaban J connectivity index is 1.60. The summed E-state index contributed by atoms with van der Waals surface area (Å²) in [7, 11) is 0. The summed E-state index contributed by atoms with van der Waals surface area (Å²) >= 11 is 1.07. The monoisotopic (exact) mass is 397 g/mol. The molecule has 5 atom stereocenters. The molecule has 3 heterocycles. The van der Waals surface area contributed by atoms with E-state index in [1.165, 1.54) is 12.5 Å². The Morgan fingerprint density at radius 1 is 1.41 bits per heavy atom. The van der Waals surface area contributed by atoms with E-state index in [2.05, 4.69) is 15.0 Å². The molecule has 1 aliphatic heterocycles. The molecule has 2 aromatic heterocycles. The van der Waals surface area contributed by atoms with Crippen LogP contribution in [0.15, 0.2) is 34.4 Å². The van der Waals surface area contributed by atoms with Crippen LogP contribution in [0.3, 0.4) is 0 Å². The molecule has 1 fully saturated rings. The normalized spacial score (nSPS) is 26.0. The van der Waals surface area contributed by atoms with E-state index in [1.54, 1.807) is 6.20 Å². The maximum Gasteiger partial charge on any atom is 0.329 e. The van der Waals surface area contributed by atoms with Gasteiger partial charge in [0.05, 0.1) is 17.7 Å². The molecule has 0 radical (unpaired) electrons. The van der Waals surface area contributed by atoms with E-state index >= 15 is 0 Å². The highest BCUT2D eigenvalue weighted by Crippen LogP contribution is 2.41. The Morgan fingerprint density at radius 3 is 2.85 bits per heavy atom. The van der Waals surface area contributed by atoms with Crippen molar-refractivity contribution in [3.8, 4) is 0 Å². The Labute approximate surface area is 156 Å². The van der Waals surface area contributed by atoms with Gasteiger partial charge < -0.3 is 25.7 Å². The molecule has 2 aromatic rings. The van der Waals surface area contributed by atoms with Crippen LogP contribution in [0.4, 0.5) is 0 Å². The zero-order valence-corrected chi connectivity index (χ0v) is 14.8. The van der Waals surface area contributed by atoms with Gasteiger partial charge in [-0.3, -0.25) is 19.1 Å². The Kier molecular flexibility index (Phi) is 5.79. The fourth-order valence-electron chi connectivity index (χ4n) is 2.71. The number of hydrogen-bond donors (Lipinski definition) is 5. The minimum Gasteiger partial charge on any atom is -0.463 e. The maximum atomic E-state index is 12.0. The van der Waals surface area contributed by atoms with Crippen LogP contribution >= 0.6 is 11.8 Å². The average Bonchev–Trinajstić information content (AvgIpc) is 3.23. The summed E-state index contributed by atoms with van der Waals surface area (Å²) in [5, 5.41) is 18.9. The third kappa shape index (κ3) is 4.30.